The van der Waals surface area contributed by atoms with Gasteiger partial charge in [0.05, 0.1) is 13.2 Å². The van der Waals surface area contributed by atoms with Crippen LogP contribution in [-0.2, 0) is 15.1 Å². The maximum Gasteiger partial charge on any atom is 0.418 e. The Morgan fingerprint density at radius 2 is 1.41 bits per heavy atom. The molecule has 2 aromatic carbocycles. The van der Waals surface area contributed by atoms with Crippen LogP contribution in [0.5, 0.6) is 0 Å². The molecular weight excluding hydrogens is 282 g/mol. The molecule has 0 aromatic heterocycles. The molecule has 1 aliphatic heterocycles. The SMILES string of the molecule is O=C1OC(c2ccccc2)(c2ccccc2)C(=O)N1CCO. The van der Waals surface area contributed by atoms with Gasteiger partial charge in [0, 0.05) is 11.1 Å². The number of hydrogen-bond donors (Lipinski definition) is 1. The lowest BCUT2D eigenvalue weighted by Crippen LogP contribution is -2.40. The van der Waals surface area contributed by atoms with E-state index in [1.54, 1.807) is 48.5 Å². The van der Waals surface area contributed by atoms with Crippen molar-refractivity contribution in [2.75, 3.05) is 13.2 Å². The lowest BCUT2D eigenvalue weighted by atomic mass is 9.85. The molecule has 0 aliphatic carbocycles. The first-order valence-electron chi connectivity index (χ1n) is 6.97. The van der Waals surface area contributed by atoms with Crippen molar-refractivity contribution in [1.82, 2.24) is 4.90 Å². The highest BCUT2D eigenvalue weighted by Gasteiger charge is 2.56. The minimum absolute atomic E-state index is 0.0842. The van der Waals surface area contributed by atoms with E-state index in [0.717, 1.165) is 4.90 Å². The zero-order valence-electron chi connectivity index (χ0n) is 11.8. The topological polar surface area (TPSA) is 66.8 Å². The average molecular weight is 297 g/mol. The number of aliphatic hydroxyl groups is 1. The summed E-state index contributed by atoms with van der Waals surface area (Å²) in [5.74, 6) is -0.482. The van der Waals surface area contributed by atoms with Crippen molar-refractivity contribution in [3.8, 4) is 0 Å². The highest BCUT2D eigenvalue weighted by molar-refractivity contribution is 6.05. The molecule has 1 saturated heterocycles. The number of carbonyl (C=O) groups is 2. The van der Waals surface area contributed by atoms with E-state index >= 15 is 0 Å². The minimum atomic E-state index is -1.49. The van der Waals surface area contributed by atoms with Gasteiger partial charge < -0.3 is 9.84 Å². The summed E-state index contributed by atoms with van der Waals surface area (Å²) in [5, 5.41) is 9.07. The largest absolute Gasteiger partial charge is 0.422 e. The summed E-state index contributed by atoms with van der Waals surface area (Å²) in [6, 6.07) is 17.8. The van der Waals surface area contributed by atoms with E-state index in [1.165, 1.54) is 0 Å². The predicted octanol–water partition coefficient (Wildman–Crippen LogP) is 1.90. The van der Waals surface area contributed by atoms with E-state index in [0.29, 0.717) is 11.1 Å². The quantitative estimate of drug-likeness (QED) is 0.936. The summed E-state index contributed by atoms with van der Waals surface area (Å²) < 4.78 is 5.52. The molecule has 0 bridgehead atoms. The zero-order chi connectivity index (χ0) is 15.6. The van der Waals surface area contributed by atoms with Gasteiger partial charge in [0.25, 0.3) is 5.91 Å². The number of imide groups is 1. The second kappa shape index (κ2) is 5.61. The molecule has 5 heteroatoms. The Kier molecular flexibility index (Phi) is 3.65. The maximum absolute atomic E-state index is 12.9. The Hall–Kier alpha value is -2.66. The smallest absolute Gasteiger partial charge is 0.418 e. The van der Waals surface area contributed by atoms with Gasteiger partial charge in [-0.15, -0.1) is 0 Å². The molecule has 0 spiro atoms. The van der Waals surface area contributed by atoms with Crippen LogP contribution in [0.25, 0.3) is 0 Å². The number of nitrogens with zero attached hydrogens (tertiary/aromatic N) is 1. The Balaban J connectivity index is 2.18. The van der Waals surface area contributed by atoms with Crippen LogP contribution in [0.1, 0.15) is 11.1 Å². The Labute approximate surface area is 127 Å². The highest BCUT2D eigenvalue weighted by Crippen LogP contribution is 2.40. The molecule has 0 saturated carbocycles. The summed E-state index contributed by atoms with van der Waals surface area (Å²) in [5.41, 5.74) is -0.325. The molecule has 1 aliphatic rings. The van der Waals surface area contributed by atoms with Gasteiger partial charge in [0.15, 0.2) is 0 Å². The molecule has 1 fully saturated rings. The van der Waals surface area contributed by atoms with Crippen LogP contribution < -0.4 is 0 Å². The summed E-state index contributed by atoms with van der Waals surface area (Å²) in [4.78, 5) is 26.0. The van der Waals surface area contributed by atoms with Gasteiger partial charge in [0.1, 0.15) is 0 Å². The van der Waals surface area contributed by atoms with Crippen molar-refractivity contribution < 1.29 is 19.4 Å². The van der Waals surface area contributed by atoms with Crippen molar-refractivity contribution in [2.45, 2.75) is 5.60 Å². The third-order valence-electron chi connectivity index (χ3n) is 3.69. The fourth-order valence-corrected chi connectivity index (χ4v) is 2.67. The normalized spacial score (nSPS) is 16.7. The predicted molar refractivity (Wildman–Crippen MR) is 78.9 cm³/mol. The summed E-state index contributed by atoms with van der Waals surface area (Å²) in [7, 11) is 0. The van der Waals surface area contributed by atoms with Gasteiger partial charge in [0.2, 0.25) is 5.60 Å². The number of ether oxygens (including phenoxy) is 1. The molecule has 5 nitrogen and oxygen atoms in total. The van der Waals surface area contributed by atoms with Gasteiger partial charge in [-0.25, -0.2) is 9.69 Å². The summed E-state index contributed by atoms with van der Waals surface area (Å²) in [6.07, 6.45) is -0.744. The van der Waals surface area contributed by atoms with Crippen molar-refractivity contribution in [3.05, 3.63) is 71.8 Å². The van der Waals surface area contributed by atoms with E-state index < -0.39 is 17.6 Å². The van der Waals surface area contributed by atoms with Gasteiger partial charge in [-0.2, -0.15) is 0 Å². The molecule has 0 radical (unpaired) electrons. The molecule has 0 unspecified atom stereocenters. The first-order chi connectivity index (χ1) is 10.7. The molecule has 2 amide bonds. The third kappa shape index (κ3) is 2.07. The van der Waals surface area contributed by atoms with E-state index in [1.807, 2.05) is 12.1 Å². The number of cyclic esters (lactones) is 1. The van der Waals surface area contributed by atoms with E-state index in [2.05, 4.69) is 0 Å². The maximum atomic E-state index is 12.9. The fraction of sp³-hybridized carbons (Fsp3) is 0.176. The van der Waals surface area contributed by atoms with Gasteiger partial charge in [-0.1, -0.05) is 60.7 Å². The molecule has 1 N–H and O–H groups in total. The first kappa shape index (κ1) is 14.3. The van der Waals surface area contributed by atoms with E-state index in [4.69, 9.17) is 9.84 Å². The van der Waals surface area contributed by atoms with Crippen molar-refractivity contribution in [3.63, 3.8) is 0 Å². The molecule has 22 heavy (non-hydrogen) atoms. The number of aliphatic hydroxyl groups excluding tert-OH is 1. The van der Waals surface area contributed by atoms with Crippen LogP contribution in [0.4, 0.5) is 4.79 Å². The monoisotopic (exact) mass is 297 g/mol. The number of amides is 2. The number of rotatable bonds is 4. The molecule has 3 rings (SSSR count). The van der Waals surface area contributed by atoms with Crippen molar-refractivity contribution in [1.29, 1.82) is 0 Å². The number of β-amino-alcohol motifs (C(OH)–C–C–N with tert-alkyl or cyclic N) is 1. The third-order valence-corrected chi connectivity index (χ3v) is 3.69. The number of benzene rings is 2. The average Bonchev–Trinajstić information content (AvgIpc) is 2.82. The van der Waals surface area contributed by atoms with Crippen LogP contribution >= 0.6 is 0 Å². The second-order valence-electron chi connectivity index (χ2n) is 4.96. The molecule has 2 aromatic rings. The second-order valence-corrected chi connectivity index (χ2v) is 4.96. The lowest BCUT2D eigenvalue weighted by Gasteiger charge is -2.26. The minimum Gasteiger partial charge on any atom is -0.422 e. The summed E-state index contributed by atoms with van der Waals surface area (Å²) >= 11 is 0. The molecule has 0 atom stereocenters. The van der Waals surface area contributed by atoms with E-state index in [-0.39, 0.29) is 13.2 Å². The van der Waals surface area contributed by atoms with Crippen LogP contribution in [0.15, 0.2) is 60.7 Å². The Morgan fingerprint density at radius 1 is 0.909 bits per heavy atom. The molecule has 112 valence electrons. The summed E-state index contributed by atoms with van der Waals surface area (Å²) in [6.45, 7) is -0.389. The highest BCUT2D eigenvalue weighted by atomic mass is 16.6. The van der Waals surface area contributed by atoms with Crippen LogP contribution in [0, 0.1) is 0 Å². The standard InChI is InChI=1S/C17H15NO4/c19-12-11-18-15(20)17(22-16(18)21,13-7-3-1-4-8-13)14-9-5-2-6-10-14/h1-10,19H,11-12H2. The van der Waals surface area contributed by atoms with Gasteiger partial charge >= 0.3 is 6.09 Å². The van der Waals surface area contributed by atoms with Gasteiger partial charge in [-0.3, -0.25) is 4.79 Å². The first-order valence-corrected chi connectivity index (χ1v) is 6.97. The Morgan fingerprint density at radius 3 is 1.86 bits per heavy atom. The molecule has 1 heterocycles. The lowest BCUT2D eigenvalue weighted by molar-refractivity contribution is -0.135. The van der Waals surface area contributed by atoms with Crippen molar-refractivity contribution in [2.24, 2.45) is 0 Å². The van der Waals surface area contributed by atoms with Gasteiger partial charge in [-0.05, 0) is 0 Å². The number of carbonyl (C=O) groups excluding carboxylic acids is 2. The van der Waals surface area contributed by atoms with Crippen LogP contribution in [-0.4, -0.2) is 35.2 Å². The number of hydrogen-bond acceptors (Lipinski definition) is 4. The van der Waals surface area contributed by atoms with E-state index in [9.17, 15) is 9.59 Å². The van der Waals surface area contributed by atoms with Crippen LogP contribution in [0.2, 0.25) is 0 Å². The van der Waals surface area contributed by atoms with Crippen molar-refractivity contribution >= 4 is 12.0 Å². The zero-order valence-corrected chi connectivity index (χ0v) is 11.8. The Bertz CT molecular complexity index is 645. The fourth-order valence-electron chi connectivity index (χ4n) is 2.67. The van der Waals surface area contributed by atoms with Crippen LogP contribution in [0.3, 0.4) is 0 Å². The molecular formula is C17H15NO4.